The zero-order valence-electron chi connectivity index (χ0n) is 13.9. The molecule has 0 saturated heterocycles. The number of carbonyl (C=O) groups is 1. The molecule has 128 valence electrons. The van der Waals surface area contributed by atoms with Crippen molar-refractivity contribution in [2.75, 3.05) is 19.5 Å². The van der Waals surface area contributed by atoms with E-state index in [0.29, 0.717) is 5.56 Å². The molecule has 2 aromatic rings. The molecular weight excluding hydrogens is 328 g/mol. The van der Waals surface area contributed by atoms with Crippen LogP contribution in [0.5, 0.6) is 5.75 Å². The lowest BCUT2D eigenvalue weighted by Gasteiger charge is -2.09. The van der Waals surface area contributed by atoms with Gasteiger partial charge < -0.3 is 9.47 Å². The van der Waals surface area contributed by atoms with E-state index in [0.717, 1.165) is 23.1 Å². The normalized spacial score (nSPS) is 11.1. The highest BCUT2D eigenvalue weighted by molar-refractivity contribution is 7.90. The van der Waals surface area contributed by atoms with Crippen molar-refractivity contribution in [3.05, 3.63) is 59.2 Å². The third-order valence-corrected chi connectivity index (χ3v) is 4.43. The molecule has 0 saturated carbocycles. The van der Waals surface area contributed by atoms with Crippen molar-refractivity contribution in [1.82, 2.24) is 0 Å². The fourth-order valence-corrected chi connectivity index (χ4v) is 2.86. The molecular formula is C18H20O5S. The Morgan fingerprint density at radius 2 is 1.54 bits per heavy atom. The van der Waals surface area contributed by atoms with Gasteiger partial charge in [0.25, 0.3) is 0 Å². The molecule has 0 aliphatic heterocycles. The molecule has 0 amide bonds. The molecule has 2 aromatic carbocycles. The maximum atomic E-state index is 11.9. The summed E-state index contributed by atoms with van der Waals surface area (Å²) in [5.41, 5.74) is 2.51. The molecule has 0 aliphatic rings. The Labute approximate surface area is 142 Å². The summed E-state index contributed by atoms with van der Waals surface area (Å²) in [5.74, 6) is 0.222. The molecule has 0 N–H and O–H groups in total. The standard InChI is InChI=1S/C18H20O5S/c1-13-10-14(2)12-16(11-13)22-8-9-23-18(19)15-4-6-17(7-5-15)24(3,20)21/h4-7,10-12H,8-9H2,1-3H3. The predicted molar refractivity (Wildman–Crippen MR) is 91.2 cm³/mol. The van der Waals surface area contributed by atoms with E-state index in [1.54, 1.807) is 0 Å². The van der Waals surface area contributed by atoms with Crippen molar-refractivity contribution in [2.24, 2.45) is 0 Å². The number of sulfone groups is 1. The second-order valence-corrected chi connectivity index (χ2v) is 7.62. The van der Waals surface area contributed by atoms with Crippen molar-refractivity contribution in [1.29, 1.82) is 0 Å². The van der Waals surface area contributed by atoms with Crippen LogP contribution in [0.1, 0.15) is 21.5 Å². The van der Waals surface area contributed by atoms with Gasteiger partial charge in [0, 0.05) is 6.26 Å². The predicted octanol–water partition coefficient (Wildman–Crippen LogP) is 2.94. The minimum absolute atomic E-state index is 0.111. The Bertz CT molecular complexity index is 803. The molecule has 0 heterocycles. The van der Waals surface area contributed by atoms with Crippen LogP contribution in [0.25, 0.3) is 0 Å². The van der Waals surface area contributed by atoms with Crippen LogP contribution in [0, 0.1) is 13.8 Å². The van der Waals surface area contributed by atoms with Gasteiger partial charge in [-0.2, -0.15) is 0 Å². The van der Waals surface area contributed by atoms with Gasteiger partial charge in [0.1, 0.15) is 19.0 Å². The maximum absolute atomic E-state index is 11.9. The number of hydrogen-bond acceptors (Lipinski definition) is 5. The van der Waals surface area contributed by atoms with Crippen LogP contribution in [0.15, 0.2) is 47.4 Å². The Morgan fingerprint density at radius 3 is 2.08 bits per heavy atom. The maximum Gasteiger partial charge on any atom is 0.338 e. The highest BCUT2D eigenvalue weighted by atomic mass is 32.2. The van der Waals surface area contributed by atoms with Crippen LogP contribution in [0.3, 0.4) is 0 Å². The van der Waals surface area contributed by atoms with E-state index < -0.39 is 15.8 Å². The second-order valence-electron chi connectivity index (χ2n) is 5.60. The van der Waals surface area contributed by atoms with E-state index in [4.69, 9.17) is 9.47 Å². The van der Waals surface area contributed by atoms with Crippen molar-refractivity contribution in [3.8, 4) is 5.75 Å². The summed E-state index contributed by atoms with van der Waals surface area (Å²) in [5, 5.41) is 0. The van der Waals surface area contributed by atoms with Gasteiger partial charge in [0.05, 0.1) is 10.5 Å². The van der Waals surface area contributed by atoms with Crippen LogP contribution >= 0.6 is 0 Å². The molecule has 24 heavy (non-hydrogen) atoms. The number of hydrogen-bond donors (Lipinski definition) is 0. The summed E-state index contributed by atoms with van der Waals surface area (Å²) in [6, 6.07) is 11.5. The highest BCUT2D eigenvalue weighted by Crippen LogP contribution is 2.16. The van der Waals surface area contributed by atoms with Gasteiger partial charge in [0.2, 0.25) is 0 Å². The quantitative estimate of drug-likeness (QED) is 0.593. The van der Waals surface area contributed by atoms with Crippen molar-refractivity contribution < 1.29 is 22.7 Å². The first-order valence-corrected chi connectivity index (χ1v) is 9.33. The van der Waals surface area contributed by atoms with Crippen LogP contribution in [0.2, 0.25) is 0 Å². The second kappa shape index (κ2) is 7.49. The first-order chi connectivity index (χ1) is 11.3. The van der Waals surface area contributed by atoms with E-state index in [-0.39, 0.29) is 18.1 Å². The number of esters is 1. The van der Waals surface area contributed by atoms with E-state index in [1.807, 2.05) is 32.0 Å². The molecule has 2 rings (SSSR count). The Morgan fingerprint density at radius 1 is 0.958 bits per heavy atom. The zero-order chi connectivity index (χ0) is 17.7. The third-order valence-electron chi connectivity index (χ3n) is 3.30. The lowest BCUT2D eigenvalue weighted by Crippen LogP contribution is -2.12. The fraction of sp³-hybridized carbons (Fsp3) is 0.278. The third kappa shape index (κ3) is 5.09. The Kier molecular flexibility index (Phi) is 5.62. The van der Waals surface area contributed by atoms with Crippen LogP contribution < -0.4 is 4.74 Å². The highest BCUT2D eigenvalue weighted by Gasteiger charge is 2.10. The monoisotopic (exact) mass is 348 g/mol. The minimum atomic E-state index is -3.28. The lowest BCUT2D eigenvalue weighted by atomic mass is 10.1. The molecule has 5 nitrogen and oxygen atoms in total. The van der Waals surface area contributed by atoms with E-state index in [1.165, 1.54) is 24.3 Å². The number of ether oxygens (including phenoxy) is 2. The minimum Gasteiger partial charge on any atom is -0.490 e. The summed E-state index contributed by atoms with van der Waals surface area (Å²) >= 11 is 0. The first kappa shape index (κ1) is 18.0. The molecule has 0 aromatic heterocycles. The van der Waals surface area contributed by atoms with E-state index in [2.05, 4.69) is 0 Å². The van der Waals surface area contributed by atoms with E-state index >= 15 is 0 Å². The molecule has 0 fully saturated rings. The topological polar surface area (TPSA) is 69.7 Å². The largest absolute Gasteiger partial charge is 0.490 e. The summed E-state index contributed by atoms with van der Waals surface area (Å²) in [7, 11) is -3.28. The van der Waals surface area contributed by atoms with Gasteiger partial charge in [-0.3, -0.25) is 0 Å². The Balaban J connectivity index is 1.85. The molecule has 0 bridgehead atoms. The smallest absolute Gasteiger partial charge is 0.338 e. The fourth-order valence-electron chi connectivity index (χ4n) is 2.23. The number of benzene rings is 2. The summed E-state index contributed by atoms with van der Waals surface area (Å²) in [6.07, 6.45) is 1.12. The SMILES string of the molecule is Cc1cc(C)cc(OCCOC(=O)c2ccc(S(C)(=O)=O)cc2)c1. The molecule has 0 unspecified atom stereocenters. The van der Waals surface area contributed by atoms with Crippen LogP contribution in [0.4, 0.5) is 0 Å². The van der Waals surface area contributed by atoms with Gasteiger partial charge in [-0.25, -0.2) is 13.2 Å². The van der Waals surface area contributed by atoms with Gasteiger partial charge >= 0.3 is 5.97 Å². The summed E-state index contributed by atoms with van der Waals surface area (Å²) in [6.45, 7) is 4.33. The average Bonchev–Trinajstić information content (AvgIpc) is 2.50. The van der Waals surface area contributed by atoms with Crippen molar-refractivity contribution >= 4 is 15.8 Å². The van der Waals surface area contributed by atoms with Gasteiger partial charge in [-0.15, -0.1) is 0 Å². The number of rotatable bonds is 6. The van der Waals surface area contributed by atoms with E-state index in [9.17, 15) is 13.2 Å². The number of aryl methyl sites for hydroxylation is 2. The van der Waals surface area contributed by atoms with Gasteiger partial charge in [-0.05, 0) is 61.4 Å². The summed E-state index contributed by atoms with van der Waals surface area (Å²) < 4.78 is 33.4. The van der Waals surface area contributed by atoms with Gasteiger partial charge in [-0.1, -0.05) is 6.07 Å². The molecule has 0 atom stereocenters. The average molecular weight is 348 g/mol. The molecule has 6 heteroatoms. The first-order valence-electron chi connectivity index (χ1n) is 7.44. The zero-order valence-corrected chi connectivity index (χ0v) is 14.7. The summed E-state index contributed by atoms with van der Waals surface area (Å²) in [4.78, 5) is 12.1. The van der Waals surface area contributed by atoms with Crippen LogP contribution in [-0.2, 0) is 14.6 Å². The molecule has 0 aliphatic carbocycles. The lowest BCUT2D eigenvalue weighted by molar-refractivity contribution is 0.0450. The van der Waals surface area contributed by atoms with Crippen LogP contribution in [-0.4, -0.2) is 33.9 Å². The Hall–Kier alpha value is -2.34. The number of carbonyl (C=O) groups excluding carboxylic acids is 1. The molecule has 0 radical (unpaired) electrons. The van der Waals surface area contributed by atoms with Gasteiger partial charge in [0.15, 0.2) is 9.84 Å². The molecule has 0 spiro atoms. The van der Waals surface area contributed by atoms with Crippen molar-refractivity contribution in [2.45, 2.75) is 18.7 Å². The van der Waals surface area contributed by atoms with Crippen molar-refractivity contribution in [3.63, 3.8) is 0 Å².